The Morgan fingerprint density at radius 3 is 2.33 bits per heavy atom. The molecular formula is C15H21F2NO3. The van der Waals surface area contributed by atoms with Crippen molar-refractivity contribution in [3.63, 3.8) is 0 Å². The minimum Gasteiger partial charge on any atom is -0.444 e. The molecule has 4 nitrogen and oxygen atoms in total. The number of carbonyl (C=O) groups excluding carboxylic acids is 1. The van der Waals surface area contributed by atoms with Crippen LogP contribution in [0.5, 0.6) is 0 Å². The zero-order valence-corrected chi connectivity index (χ0v) is 12.5. The van der Waals surface area contributed by atoms with Crippen molar-refractivity contribution in [3.05, 3.63) is 35.4 Å². The summed E-state index contributed by atoms with van der Waals surface area (Å²) in [4.78, 5) is 11.5. The highest BCUT2D eigenvalue weighted by Gasteiger charge is 2.17. The van der Waals surface area contributed by atoms with Gasteiger partial charge in [-0.2, -0.15) is 0 Å². The third-order valence-electron chi connectivity index (χ3n) is 2.64. The van der Waals surface area contributed by atoms with Crippen molar-refractivity contribution in [2.75, 3.05) is 13.2 Å². The maximum absolute atomic E-state index is 13.1. The van der Waals surface area contributed by atoms with E-state index in [4.69, 9.17) is 4.74 Å². The number of aliphatic hydroxyl groups excluding tert-OH is 1. The minimum absolute atomic E-state index is 0.156. The van der Waals surface area contributed by atoms with Crippen molar-refractivity contribution in [2.45, 2.75) is 32.8 Å². The van der Waals surface area contributed by atoms with Gasteiger partial charge in [0.15, 0.2) is 0 Å². The number of nitrogens with one attached hydrogen (secondary N) is 1. The van der Waals surface area contributed by atoms with E-state index in [1.807, 2.05) is 0 Å². The highest BCUT2D eigenvalue weighted by molar-refractivity contribution is 5.67. The molecule has 1 amide bonds. The first-order valence-corrected chi connectivity index (χ1v) is 6.72. The van der Waals surface area contributed by atoms with Gasteiger partial charge in [0, 0.05) is 25.1 Å². The summed E-state index contributed by atoms with van der Waals surface area (Å²) in [5, 5.41) is 11.8. The highest BCUT2D eigenvalue weighted by Crippen LogP contribution is 2.13. The summed E-state index contributed by atoms with van der Waals surface area (Å²) in [5.74, 6) is -1.68. The number of aliphatic hydroxyl groups is 1. The summed E-state index contributed by atoms with van der Waals surface area (Å²) in [6.45, 7) is 5.17. The smallest absolute Gasteiger partial charge is 0.407 e. The van der Waals surface area contributed by atoms with Crippen molar-refractivity contribution in [1.82, 2.24) is 5.32 Å². The molecular weight excluding hydrogens is 280 g/mol. The molecule has 0 saturated heterocycles. The number of amides is 1. The van der Waals surface area contributed by atoms with Gasteiger partial charge in [0.1, 0.15) is 17.2 Å². The Morgan fingerprint density at radius 1 is 1.29 bits per heavy atom. The van der Waals surface area contributed by atoms with Crippen LogP contribution < -0.4 is 5.32 Å². The zero-order chi connectivity index (χ0) is 16.0. The van der Waals surface area contributed by atoms with Gasteiger partial charge in [0.2, 0.25) is 0 Å². The fraction of sp³-hybridized carbons (Fsp3) is 0.533. The lowest BCUT2D eigenvalue weighted by atomic mass is 10.00. The molecule has 0 radical (unpaired) electrons. The predicted molar refractivity (Wildman–Crippen MR) is 74.9 cm³/mol. The molecule has 0 aliphatic heterocycles. The topological polar surface area (TPSA) is 58.6 Å². The molecule has 0 aliphatic carbocycles. The van der Waals surface area contributed by atoms with Crippen LogP contribution in [0.15, 0.2) is 18.2 Å². The monoisotopic (exact) mass is 301 g/mol. The third kappa shape index (κ3) is 7.04. The number of alkyl carbamates (subject to hydrolysis) is 1. The molecule has 21 heavy (non-hydrogen) atoms. The molecule has 1 rings (SSSR count). The van der Waals surface area contributed by atoms with E-state index in [9.17, 15) is 18.7 Å². The number of halogens is 2. The van der Waals surface area contributed by atoms with Gasteiger partial charge in [-0.3, -0.25) is 0 Å². The number of benzene rings is 1. The fourth-order valence-corrected chi connectivity index (χ4v) is 1.81. The van der Waals surface area contributed by atoms with Crippen LogP contribution >= 0.6 is 0 Å². The average Bonchev–Trinajstić information content (AvgIpc) is 2.31. The first-order valence-electron chi connectivity index (χ1n) is 6.72. The normalized spacial score (nSPS) is 12.9. The summed E-state index contributed by atoms with van der Waals surface area (Å²) >= 11 is 0. The second-order valence-corrected chi connectivity index (χ2v) is 5.91. The van der Waals surface area contributed by atoms with Crippen molar-refractivity contribution in [3.8, 4) is 0 Å². The van der Waals surface area contributed by atoms with E-state index in [0.717, 1.165) is 6.07 Å². The molecule has 0 bridgehead atoms. The van der Waals surface area contributed by atoms with E-state index in [1.165, 1.54) is 12.1 Å². The molecule has 1 aromatic rings. The first kappa shape index (κ1) is 17.4. The quantitative estimate of drug-likeness (QED) is 0.879. The van der Waals surface area contributed by atoms with Crippen LogP contribution in [0, 0.1) is 17.6 Å². The lowest BCUT2D eigenvalue weighted by Crippen LogP contribution is -2.36. The highest BCUT2D eigenvalue weighted by atomic mass is 19.1. The zero-order valence-electron chi connectivity index (χ0n) is 12.5. The minimum atomic E-state index is -0.665. The van der Waals surface area contributed by atoms with Crippen LogP contribution in [-0.2, 0) is 11.2 Å². The second kappa shape index (κ2) is 7.36. The van der Waals surface area contributed by atoms with Crippen molar-refractivity contribution in [1.29, 1.82) is 0 Å². The first-order chi connectivity index (χ1) is 9.69. The number of carbonyl (C=O) groups is 1. The number of hydrogen-bond donors (Lipinski definition) is 2. The van der Waals surface area contributed by atoms with Gasteiger partial charge in [-0.1, -0.05) is 0 Å². The standard InChI is InChI=1S/C15H21F2NO3/c1-15(2,3)21-14(20)18-8-11(9-19)4-10-5-12(16)7-13(17)6-10/h5-7,11,19H,4,8-9H2,1-3H3,(H,18,20). The molecule has 0 aromatic heterocycles. The van der Waals surface area contributed by atoms with Gasteiger partial charge < -0.3 is 15.2 Å². The van der Waals surface area contributed by atoms with Gasteiger partial charge in [0.25, 0.3) is 0 Å². The summed E-state index contributed by atoms with van der Waals surface area (Å²) < 4.78 is 31.2. The van der Waals surface area contributed by atoms with Gasteiger partial charge in [-0.25, -0.2) is 13.6 Å². The summed E-state index contributed by atoms with van der Waals surface area (Å²) in [6.07, 6.45) is -0.340. The Balaban J connectivity index is 2.54. The lowest BCUT2D eigenvalue weighted by Gasteiger charge is -2.21. The van der Waals surface area contributed by atoms with Crippen molar-refractivity contribution >= 4 is 6.09 Å². The average molecular weight is 301 g/mol. The summed E-state index contributed by atoms with van der Waals surface area (Å²) in [5.41, 5.74) is -0.178. The maximum atomic E-state index is 13.1. The van der Waals surface area contributed by atoms with Crippen molar-refractivity contribution < 1.29 is 23.4 Å². The van der Waals surface area contributed by atoms with E-state index in [2.05, 4.69) is 5.32 Å². The molecule has 0 fully saturated rings. The largest absolute Gasteiger partial charge is 0.444 e. The Kier molecular flexibility index (Phi) is 6.08. The molecule has 1 aromatic carbocycles. The van der Waals surface area contributed by atoms with Gasteiger partial charge >= 0.3 is 6.09 Å². The van der Waals surface area contributed by atoms with Crippen LogP contribution in [0.2, 0.25) is 0 Å². The van der Waals surface area contributed by atoms with Gasteiger partial charge in [-0.05, 0) is 44.9 Å². The Morgan fingerprint density at radius 2 is 1.86 bits per heavy atom. The fourth-order valence-electron chi connectivity index (χ4n) is 1.81. The number of hydrogen-bond acceptors (Lipinski definition) is 3. The molecule has 118 valence electrons. The van der Waals surface area contributed by atoms with E-state index in [0.29, 0.717) is 5.56 Å². The molecule has 0 spiro atoms. The Bertz CT molecular complexity index is 466. The summed E-state index contributed by atoms with van der Waals surface area (Å²) in [7, 11) is 0. The third-order valence-corrected chi connectivity index (χ3v) is 2.64. The van der Waals surface area contributed by atoms with Crippen LogP contribution in [0.3, 0.4) is 0 Å². The lowest BCUT2D eigenvalue weighted by molar-refractivity contribution is 0.0512. The molecule has 0 saturated carbocycles. The predicted octanol–water partition coefficient (Wildman–Crippen LogP) is 2.64. The van der Waals surface area contributed by atoms with Crippen LogP contribution in [0.1, 0.15) is 26.3 Å². The summed E-state index contributed by atoms with van der Waals surface area (Å²) in [6, 6.07) is 3.20. The number of ether oxygens (including phenoxy) is 1. The molecule has 0 aliphatic rings. The maximum Gasteiger partial charge on any atom is 0.407 e. The van der Waals surface area contributed by atoms with E-state index < -0.39 is 23.3 Å². The molecule has 2 N–H and O–H groups in total. The molecule has 0 heterocycles. The van der Waals surface area contributed by atoms with Crippen LogP contribution in [0.4, 0.5) is 13.6 Å². The Hall–Kier alpha value is -1.69. The SMILES string of the molecule is CC(C)(C)OC(=O)NCC(CO)Cc1cc(F)cc(F)c1. The second-order valence-electron chi connectivity index (χ2n) is 5.91. The number of rotatable bonds is 5. The van der Waals surface area contributed by atoms with E-state index >= 15 is 0 Å². The van der Waals surface area contributed by atoms with Crippen LogP contribution in [0.25, 0.3) is 0 Å². The molecule has 1 atom stereocenters. The van der Waals surface area contributed by atoms with Crippen molar-refractivity contribution in [2.24, 2.45) is 5.92 Å². The molecule has 1 unspecified atom stereocenters. The van der Waals surface area contributed by atoms with E-state index in [1.54, 1.807) is 20.8 Å². The van der Waals surface area contributed by atoms with Crippen LogP contribution in [-0.4, -0.2) is 30.0 Å². The molecule has 6 heteroatoms. The Labute approximate surface area is 123 Å². The van der Waals surface area contributed by atoms with Gasteiger partial charge in [-0.15, -0.1) is 0 Å². The van der Waals surface area contributed by atoms with Gasteiger partial charge in [0.05, 0.1) is 0 Å². The van der Waals surface area contributed by atoms with E-state index in [-0.39, 0.29) is 25.5 Å².